The molecule has 0 bridgehead atoms. The molecule has 0 atom stereocenters. The van der Waals surface area contributed by atoms with Crippen LogP contribution in [0.4, 0.5) is 0 Å². The van der Waals surface area contributed by atoms with Gasteiger partial charge in [0.05, 0.1) is 10.9 Å². The fourth-order valence-corrected chi connectivity index (χ4v) is 2.73. The molecule has 5 heteroatoms. The zero-order valence-electron chi connectivity index (χ0n) is 12.3. The van der Waals surface area contributed by atoms with Crippen LogP contribution >= 0.6 is 0 Å². The van der Waals surface area contributed by atoms with Gasteiger partial charge in [0.15, 0.2) is 0 Å². The predicted octanol–water partition coefficient (Wildman–Crippen LogP) is 1.87. The largest absolute Gasteiger partial charge is 0.350 e. The topological polar surface area (TPSA) is 64.0 Å². The summed E-state index contributed by atoms with van der Waals surface area (Å²) in [5, 5.41) is 3.44. The first kappa shape index (κ1) is 13.8. The van der Waals surface area contributed by atoms with E-state index < -0.39 is 0 Å². The molecule has 0 fully saturated rings. The fraction of sp³-hybridized carbons (Fsp3) is 0.438. The summed E-state index contributed by atoms with van der Waals surface area (Å²) in [6, 6.07) is 5.19. The van der Waals surface area contributed by atoms with Gasteiger partial charge in [0.2, 0.25) is 0 Å². The standard InChI is InChI=1S/C16H19N3O2/c1-10(2)17-15(20)11-6-7-12-13(9-11)18-14-5-3-4-8-19(14)16(12)21/h6-7,9-10H,3-5,8H2,1-2H3,(H,17,20). The van der Waals surface area contributed by atoms with Crippen molar-refractivity contribution in [1.29, 1.82) is 0 Å². The van der Waals surface area contributed by atoms with E-state index in [0.29, 0.717) is 16.5 Å². The Morgan fingerprint density at radius 2 is 2.14 bits per heavy atom. The highest BCUT2D eigenvalue weighted by molar-refractivity contribution is 5.97. The van der Waals surface area contributed by atoms with Crippen molar-refractivity contribution >= 4 is 16.8 Å². The molecule has 2 heterocycles. The number of rotatable bonds is 2. The molecule has 1 amide bonds. The maximum Gasteiger partial charge on any atom is 0.261 e. The third kappa shape index (κ3) is 2.55. The summed E-state index contributed by atoms with van der Waals surface area (Å²) in [7, 11) is 0. The SMILES string of the molecule is CC(C)NC(=O)c1ccc2c(=O)n3c(nc2c1)CCCC3. The van der Waals surface area contributed by atoms with Crippen LogP contribution in [0.25, 0.3) is 10.9 Å². The van der Waals surface area contributed by atoms with Crippen molar-refractivity contribution in [2.45, 2.75) is 45.7 Å². The lowest BCUT2D eigenvalue weighted by Gasteiger charge is -2.18. The lowest BCUT2D eigenvalue weighted by atomic mass is 10.1. The molecule has 1 N–H and O–H groups in total. The minimum atomic E-state index is -0.133. The highest BCUT2D eigenvalue weighted by atomic mass is 16.1. The van der Waals surface area contributed by atoms with E-state index >= 15 is 0 Å². The smallest absolute Gasteiger partial charge is 0.261 e. The van der Waals surface area contributed by atoms with Crippen LogP contribution in [0, 0.1) is 0 Å². The van der Waals surface area contributed by atoms with Gasteiger partial charge in [-0.1, -0.05) is 0 Å². The van der Waals surface area contributed by atoms with Gasteiger partial charge in [-0.2, -0.15) is 0 Å². The summed E-state index contributed by atoms with van der Waals surface area (Å²) in [6.45, 7) is 4.58. The highest BCUT2D eigenvalue weighted by Gasteiger charge is 2.16. The van der Waals surface area contributed by atoms with Crippen molar-refractivity contribution in [2.24, 2.45) is 0 Å². The van der Waals surface area contributed by atoms with Crippen molar-refractivity contribution in [3.63, 3.8) is 0 Å². The maximum absolute atomic E-state index is 12.5. The van der Waals surface area contributed by atoms with Crippen molar-refractivity contribution in [2.75, 3.05) is 0 Å². The Morgan fingerprint density at radius 3 is 2.90 bits per heavy atom. The van der Waals surface area contributed by atoms with E-state index in [4.69, 9.17) is 0 Å². The molecule has 1 aliphatic rings. The first-order valence-electron chi connectivity index (χ1n) is 7.40. The third-order valence-corrected chi connectivity index (χ3v) is 3.75. The molecule has 1 aromatic carbocycles. The van der Waals surface area contributed by atoms with Gasteiger partial charge in [-0.05, 0) is 44.9 Å². The number of aryl methyl sites for hydroxylation is 1. The molecule has 0 unspecified atom stereocenters. The van der Waals surface area contributed by atoms with Gasteiger partial charge in [-0.15, -0.1) is 0 Å². The molecule has 21 heavy (non-hydrogen) atoms. The molecule has 0 saturated heterocycles. The molecule has 0 radical (unpaired) electrons. The molecular formula is C16H19N3O2. The number of hydrogen-bond donors (Lipinski definition) is 1. The van der Waals surface area contributed by atoms with Gasteiger partial charge < -0.3 is 5.32 Å². The molecule has 5 nitrogen and oxygen atoms in total. The molecular weight excluding hydrogens is 266 g/mol. The number of benzene rings is 1. The van der Waals surface area contributed by atoms with Gasteiger partial charge in [-0.25, -0.2) is 4.98 Å². The van der Waals surface area contributed by atoms with E-state index in [1.807, 2.05) is 13.8 Å². The summed E-state index contributed by atoms with van der Waals surface area (Å²) in [4.78, 5) is 29.1. The first-order chi connectivity index (χ1) is 10.1. The average Bonchev–Trinajstić information content (AvgIpc) is 2.46. The number of nitrogens with one attached hydrogen (secondary N) is 1. The van der Waals surface area contributed by atoms with E-state index in [1.54, 1.807) is 22.8 Å². The second kappa shape index (κ2) is 5.31. The van der Waals surface area contributed by atoms with Gasteiger partial charge in [0, 0.05) is 24.6 Å². The summed E-state index contributed by atoms with van der Waals surface area (Å²) >= 11 is 0. The Labute approximate surface area is 123 Å². The van der Waals surface area contributed by atoms with Crippen molar-refractivity contribution in [3.05, 3.63) is 39.9 Å². The molecule has 3 rings (SSSR count). The van der Waals surface area contributed by atoms with Gasteiger partial charge in [0.1, 0.15) is 5.82 Å². The second-order valence-corrected chi connectivity index (χ2v) is 5.80. The maximum atomic E-state index is 12.5. The lowest BCUT2D eigenvalue weighted by molar-refractivity contribution is 0.0943. The predicted molar refractivity (Wildman–Crippen MR) is 81.5 cm³/mol. The van der Waals surface area contributed by atoms with Gasteiger partial charge >= 0.3 is 0 Å². The Bertz CT molecular complexity index is 762. The Hall–Kier alpha value is -2.17. The van der Waals surface area contributed by atoms with Crippen LogP contribution in [0.2, 0.25) is 0 Å². The Kier molecular flexibility index (Phi) is 3.49. The second-order valence-electron chi connectivity index (χ2n) is 5.80. The average molecular weight is 285 g/mol. The number of amides is 1. The van der Waals surface area contributed by atoms with Crippen molar-refractivity contribution < 1.29 is 4.79 Å². The zero-order valence-corrected chi connectivity index (χ0v) is 12.3. The molecule has 110 valence electrons. The molecule has 1 aromatic heterocycles. The van der Waals surface area contributed by atoms with Crippen LogP contribution < -0.4 is 10.9 Å². The monoisotopic (exact) mass is 285 g/mol. The number of carbonyl (C=O) groups is 1. The number of aromatic nitrogens is 2. The lowest BCUT2D eigenvalue weighted by Crippen LogP contribution is -2.30. The fourth-order valence-electron chi connectivity index (χ4n) is 2.73. The molecule has 2 aromatic rings. The summed E-state index contributed by atoms with van der Waals surface area (Å²) in [5.41, 5.74) is 1.17. The van der Waals surface area contributed by atoms with Gasteiger partial charge in [0.25, 0.3) is 11.5 Å². The van der Waals surface area contributed by atoms with Crippen LogP contribution in [0.15, 0.2) is 23.0 Å². The van der Waals surface area contributed by atoms with E-state index in [9.17, 15) is 9.59 Å². The number of hydrogen-bond acceptors (Lipinski definition) is 3. The quantitative estimate of drug-likeness (QED) is 0.916. The van der Waals surface area contributed by atoms with Gasteiger partial charge in [-0.3, -0.25) is 14.2 Å². The van der Waals surface area contributed by atoms with Crippen molar-refractivity contribution in [1.82, 2.24) is 14.9 Å². The number of nitrogens with zero attached hydrogens (tertiary/aromatic N) is 2. The molecule has 0 saturated carbocycles. The van der Waals surface area contributed by atoms with E-state index in [2.05, 4.69) is 10.3 Å². The van der Waals surface area contributed by atoms with Crippen LogP contribution in [-0.4, -0.2) is 21.5 Å². The summed E-state index contributed by atoms with van der Waals surface area (Å²) < 4.78 is 1.76. The van der Waals surface area contributed by atoms with E-state index in [1.165, 1.54) is 0 Å². The van der Waals surface area contributed by atoms with E-state index in [-0.39, 0.29) is 17.5 Å². The summed E-state index contributed by atoms with van der Waals surface area (Å²) in [5.74, 6) is 0.701. The minimum absolute atomic E-state index is 0.00511. The van der Waals surface area contributed by atoms with Crippen molar-refractivity contribution in [3.8, 4) is 0 Å². The van der Waals surface area contributed by atoms with Crippen LogP contribution in [0.1, 0.15) is 42.9 Å². The number of fused-ring (bicyclic) bond motifs is 2. The summed E-state index contributed by atoms with van der Waals surface area (Å²) in [6.07, 6.45) is 2.91. The minimum Gasteiger partial charge on any atom is -0.350 e. The van der Waals surface area contributed by atoms with Crippen LogP contribution in [0.5, 0.6) is 0 Å². The molecule has 0 spiro atoms. The Morgan fingerprint density at radius 1 is 1.33 bits per heavy atom. The molecule has 0 aliphatic carbocycles. The zero-order chi connectivity index (χ0) is 15.0. The first-order valence-corrected chi connectivity index (χ1v) is 7.40. The van der Waals surface area contributed by atoms with Crippen LogP contribution in [-0.2, 0) is 13.0 Å². The normalized spacial score (nSPS) is 14.2. The Balaban J connectivity index is 2.10. The highest BCUT2D eigenvalue weighted by Crippen LogP contribution is 2.16. The molecule has 1 aliphatic heterocycles. The van der Waals surface area contributed by atoms with Crippen LogP contribution in [0.3, 0.4) is 0 Å². The number of carbonyl (C=O) groups excluding carboxylic acids is 1. The van der Waals surface area contributed by atoms with E-state index in [0.717, 1.165) is 31.6 Å². The third-order valence-electron chi connectivity index (χ3n) is 3.75.